The first kappa shape index (κ1) is 9.71. The maximum atomic E-state index is 5.96. The second-order valence-electron chi connectivity index (χ2n) is 3.78. The molecule has 0 unspecified atom stereocenters. The molecule has 0 amide bonds. The molecule has 0 atom stereocenters. The topological polar surface area (TPSA) is 38.9 Å². The number of aryl methyl sites for hydroxylation is 2. The number of aromatic nitrogens is 1. The lowest BCUT2D eigenvalue weighted by molar-refractivity contribution is 1.20. The summed E-state index contributed by atoms with van der Waals surface area (Å²) in [6.45, 7) is 4.01. The molecule has 1 heterocycles. The van der Waals surface area contributed by atoms with E-state index >= 15 is 0 Å². The standard InChI is InChI=1S/C13H14N2/c1-9-3-6-12(13(14)7-9)11-5-4-10(2)15-8-11/h3-8H,14H2,1-2H3. The third-order valence-electron chi connectivity index (χ3n) is 2.43. The summed E-state index contributed by atoms with van der Waals surface area (Å²) < 4.78 is 0. The van der Waals surface area contributed by atoms with Crippen LogP contribution in [-0.2, 0) is 0 Å². The van der Waals surface area contributed by atoms with Crippen molar-refractivity contribution in [2.24, 2.45) is 0 Å². The summed E-state index contributed by atoms with van der Waals surface area (Å²) in [6.07, 6.45) is 1.86. The molecule has 0 saturated heterocycles. The summed E-state index contributed by atoms with van der Waals surface area (Å²) in [5, 5.41) is 0. The van der Waals surface area contributed by atoms with Gasteiger partial charge in [-0.3, -0.25) is 4.98 Å². The van der Waals surface area contributed by atoms with E-state index in [1.54, 1.807) is 0 Å². The van der Waals surface area contributed by atoms with Crippen LogP contribution in [0.4, 0.5) is 5.69 Å². The summed E-state index contributed by atoms with van der Waals surface area (Å²) in [4.78, 5) is 4.26. The summed E-state index contributed by atoms with van der Waals surface area (Å²) in [7, 11) is 0. The van der Waals surface area contributed by atoms with Crippen molar-refractivity contribution in [3.63, 3.8) is 0 Å². The van der Waals surface area contributed by atoms with Gasteiger partial charge in [-0.25, -0.2) is 0 Å². The van der Waals surface area contributed by atoms with Crippen LogP contribution in [0.15, 0.2) is 36.5 Å². The number of hydrogen-bond donors (Lipinski definition) is 1. The first-order valence-corrected chi connectivity index (χ1v) is 4.96. The molecule has 2 nitrogen and oxygen atoms in total. The largest absolute Gasteiger partial charge is 0.398 e. The molecule has 76 valence electrons. The molecule has 2 N–H and O–H groups in total. The van der Waals surface area contributed by atoms with Gasteiger partial charge in [-0.2, -0.15) is 0 Å². The number of pyridine rings is 1. The van der Waals surface area contributed by atoms with Crippen molar-refractivity contribution in [1.29, 1.82) is 0 Å². The molecule has 2 rings (SSSR count). The van der Waals surface area contributed by atoms with Crippen molar-refractivity contribution >= 4 is 5.69 Å². The van der Waals surface area contributed by atoms with E-state index in [0.717, 1.165) is 22.5 Å². The Hall–Kier alpha value is -1.83. The summed E-state index contributed by atoms with van der Waals surface area (Å²) in [5.41, 5.74) is 11.1. The van der Waals surface area contributed by atoms with Crippen molar-refractivity contribution in [1.82, 2.24) is 4.98 Å². The zero-order valence-corrected chi connectivity index (χ0v) is 8.99. The second-order valence-corrected chi connectivity index (χ2v) is 3.78. The van der Waals surface area contributed by atoms with E-state index in [9.17, 15) is 0 Å². The summed E-state index contributed by atoms with van der Waals surface area (Å²) in [5.74, 6) is 0. The number of hydrogen-bond acceptors (Lipinski definition) is 2. The van der Waals surface area contributed by atoms with E-state index in [1.165, 1.54) is 5.56 Å². The highest BCUT2D eigenvalue weighted by atomic mass is 14.7. The lowest BCUT2D eigenvalue weighted by Gasteiger charge is -2.06. The molecule has 0 saturated carbocycles. The number of nitrogens with zero attached hydrogens (tertiary/aromatic N) is 1. The molecule has 1 aromatic carbocycles. The van der Waals surface area contributed by atoms with Crippen LogP contribution >= 0.6 is 0 Å². The van der Waals surface area contributed by atoms with Gasteiger partial charge in [-0.1, -0.05) is 18.2 Å². The van der Waals surface area contributed by atoms with Gasteiger partial charge in [0.2, 0.25) is 0 Å². The van der Waals surface area contributed by atoms with E-state index < -0.39 is 0 Å². The first-order valence-electron chi connectivity index (χ1n) is 4.96. The Balaban J connectivity index is 2.49. The highest BCUT2D eigenvalue weighted by Gasteiger charge is 2.02. The quantitative estimate of drug-likeness (QED) is 0.715. The monoisotopic (exact) mass is 198 g/mol. The molecule has 0 radical (unpaired) electrons. The number of anilines is 1. The fourth-order valence-corrected chi connectivity index (χ4v) is 1.57. The van der Waals surface area contributed by atoms with E-state index in [1.807, 2.05) is 44.3 Å². The molecule has 1 aromatic heterocycles. The number of benzene rings is 1. The summed E-state index contributed by atoms with van der Waals surface area (Å²) >= 11 is 0. The van der Waals surface area contributed by atoms with Crippen LogP contribution in [0.2, 0.25) is 0 Å². The number of nitrogens with two attached hydrogens (primary N) is 1. The van der Waals surface area contributed by atoms with Crippen LogP contribution < -0.4 is 5.73 Å². The molecule has 15 heavy (non-hydrogen) atoms. The van der Waals surface area contributed by atoms with Gasteiger partial charge >= 0.3 is 0 Å². The lowest BCUT2D eigenvalue weighted by Crippen LogP contribution is -1.91. The van der Waals surface area contributed by atoms with E-state index in [2.05, 4.69) is 11.1 Å². The normalized spacial score (nSPS) is 10.3. The zero-order chi connectivity index (χ0) is 10.8. The van der Waals surface area contributed by atoms with Crippen molar-refractivity contribution in [2.75, 3.05) is 5.73 Å². The van der Waals surface area contributed by atoms with E-state index in [4.69, 9.17) is 5.73 Å². The van der Waals surface area contributed by atoms with Gasteiger partial charge in [-0.15, -0.1) is 0 Å². The van der Waals surface area contributed by atoms with Crippen LogP contribution in [0, 0.1) is 13.8 Å². The molecular formula is C13H14N2. The minimum absolute atomic E-state index is 0.806. The highest BCUT2D eigenvalue weighted by molar-refractivity contribution is 5.76. The molecule has 0 spiro atoms. The van der Waals surface area contributed by atoms with Gasteiger partial charge < -0.3 is 5.73 Å². The van der Waals surface area contributed by atoms with Gasteiger partial charge in [0.25, 0.3) is 0 Å². The Bertz CT molecular complexity index is 472. The van der Waals surface area contributed by atoms with Gasteiger partial charge in [0.1, 0.15) is 0 Å². The Morgan fingerprint density at radius 1 is 1.07 bits per heavy atom. The van der Waals surface area contributed by atoms with Crippen LogP contribution in [0.3, 0.4) is 0 Å². The first-order chi connectivity index (χ1) is 7.16. The smallest absolute Gasteiger partial charge is 0.0396 e. The fourth-order valence-electron chi connectivity index (χ4n) is 1.57. The van der Waals surface area contributed by atoms with Gasteiger partial charge in [0, 0.05) is 28.7 Å². The van der Waals surface area contributed by atoms with Crippen LogP contribution in [0.25, 0.3) is 11.1 Å². The Morgan fingerprint density at radius 3 is 2.47 bits per heavy atom. The predicted molar refractivity (Wildman–Crippen MR) is 63.6 cm³/mol. The highest BCUT2D eigenvalue weighted by Crippen LogP contribution is 2.25. The molecule has 0 aliphatic carbocycles. The van der Waals surface area contributed by atoms with Crippen LogP contribution in [0.1, 0.15) is 11.3 Å². The molecule has 0 aliphatic heterocycles. The minimum atomic E-state index is 0.806. The van der Waals surface area contributed by atoms with E-state index in [-0.39, 0.29) is 0 Å². The third kappa shape index (κ3) is 1.99. The number of rotatable bonds is 1. The van der Waals surface area contributed by atoms with Crippen LogP contribution in [-0.4, -0.2) is 4.98 Å². The van der Waals surface area contributed by atoms with Crippen molar-refractivity contribution in [2.45, 2.75) is 13.8 Å². The minimum Gasteiger partial charge on any atom is -0.398 e. The Morgan fingerprint density at radius 2 is 1.87 bits per heavy atom. The molecule has 0 bridgehead atoms. The van der Waals surface area contributed by atoms with Crippen molar-refractivity contribution in [3.8, 4) is 11.1 Å². The SMILES string of the molecule is Cc1ccc(-c2ccc(C)nc2)c(N)c1. The molecule has 0 aliphatic rings. The zero-order valence-electron chi connectivity index (χ0n) is 8.99. The molecule has 0 fully saturated rings. The maximum absolute atomic E-state index is 5.96. The fraction of sp³-hybridized carbons (Fsp3) is 0.154. The lowest BCUT2D eigenvalue weighted by atomic mass is 10.0. The van der Waals surface area contributed by atoms with Gasteiger partial charge in [0.05, 0.1) is 0 Å². The molecular weight excluding hydrogens is 184 g/mol. The van der Waals surface area contributed by atoms with Crippen molar-refractivity contribution in [3.05, 3.63) is 47.8 Å². The Kier molecular flexibility index (Phi) is 2.42. The third-order valence-corrected chi connectivity index (χ3v) is 2.43. The molecule has 2 aromatic rings. The average Bonchev–Trinajstić information content (AvgIpc) is 2.20. The van der Waals surface area contributed by atoms with Crippen molar-refractivity contribution < 1.29 is 0 Å². The molecule has 2 heteroatoms. The Labute approximate surface area is 89.8 Å². The van der Waals surface area contributed by atoms with Gasteiger partial charge in [-0.05, 0) is 31.5 Å². The maximum Gasteiger partial charge on any atom is 0.0396 e. The average molecular weight is 198 g/mol. The second kappa shape index (κ2) is 3.73. The van der Waals surface area contributed by atoms with Gasteiger partial charge in [0.15, 0.2) is 0 Å². The summed E-state index contributed by atoms with van der Waals surface area (Å²) in [6, 6.07) is 10.1. The predicted octanol–water partition coefficient (Wildman–Crippen LogP) is 2.95. The van der Waals surface area contributed by atoms with Crippen LogP contribution in [0.5, 0.6) is 0 Å². The number of nitrogen functional groups attached to an aromatic ring is 1. The van der Waals surface area contributed by atoms with E-state index in [0.29, 0.717) is 0 Å².